The number of hydrogen-bond donors (Lipinski definition) is 2. The molecule has 0 bridgehead atoms. The van der Waals surface area contributed by atoms with Crippen LogP contribution < -0.4 is 11.1 Å². The molecule has 2 aromatic rings. The van der Waals surface area contributed by atoms with Gasteiger partial charge in [-0.05, 0) is 55.3 Å². The summed E-state index contributed by atoms with van der Waals surface area (Å²) in [6, 6.07) is 13.5. The van der Waals surface area contributed by atoms with Gasteiger partial charge >= 0.3 is 0 Å². The fourth-order valence-electron chi connectivity index (χ4n) is 1.94. The summed E-state index contributed by atoms with van der Waals surface area (Å²) in [5, 5.41) is 12.1. The lowest BCUT2D eigenvalue weighted by atomic mass is 10.1. The lowest BCUT2D eigenvalue weighted by molar-refractivity contribution is 1.37. The Kier molecular flexibility index (Phi) is 3.20. The molecule has 0 aliphatic carbocycles. The predicted molar refractivity (Wildman–Crippen MR) is 74.8 cm³/mol. The van der Waals surface area contributed by atoms with Gasteiger partial charge < -0.3 is 11.1 Å². The number of nitrogen functional groups attached to an aromatic ring is 1. The molecule has 2 rings (SSSR count). The molecule has 0 aliphatic heterocycles. The summed E-state index contributed by atoms with van der Waals surface area (Å²) >= 11 is 0. The fourth-order valence-corrected chi connectivity index (χ4v) is 1.94. The highest BCUT2D eigenvalue weighted by atomic mass is 14.9. The predicted octanol–water partition coefficient (Wildman–Crippen LogP) is 3.50. The molecule has 0 fully saturated rings. The third kappa shape index (κ3) is 2.61. The van der Waals surface area contributed by atoms with Crippen LogP contribution in [-0.2, 0) is 0 Å². The van der Waals surface area contributed by atoms with Crippen LogP contribution in [0.25, 0.3) is 0 Å². The van der Waals surface area contributed by atoms with Crippen molar-refractivity contribution >= 4 is 17.1 Å². The third-order valence-electron chi connectivity index (χ3n) is 2.68. The van der Waals surface area contributed by atoms with Gasteiger partial charge in [0.25, 0.3) is 0 Å². The second-order valence-electron chi connectivity index (χ2n) is 4.42. The van der Waals surface area contributed by atoms with E-state index in [1.54, 1.807) is 18.2 Å². The largest absolute Gasteiger partial charge is 0.397 e. The summed E-state index contributed by atoms with van der Waals surface area (Å²) in [7, 11) is 0. The fraction of sp³-hybridized carbons (Fsp3) is 0.133. The van der Waals surface area contributed by atoms with Crippen molar-refractivity contribution in [2.24, 2.45) is 0 Å². The van der Waals surface area contributed by atoms with Gasteiger partial charge in [0.2, 0.25) is 0 Å². The van der Waals surface area contributed by atoms with Gasteiger partial charge in [-0.25, -0.2) is 0 Å². The Morgan fingerprint density at radius 2 is 1.72 bits per heavy atom. The van der Waals surface area contributed by atoms with Gasteiger partial charge in [-0.15, -0.1) is 0 Å². The Morgan fingerprint density at radius 3 is 2.33 bits per heavy atom. The van der Waals surface area contributed by atoms with Gasteiger partial charge in [-0.1, -0.05) is 6.07 Å². The molecule has 0 aliphatic rings. The van der Waals surface area contributed by atoms with E-state index < -0.39 is 0 Å². The molecule has 0 unspecified atom stereocenters. The lowest BCUT2D eigenvalue weighted by Crippen LogP contribution is -1.97. The minimum absolute atomic E-state index is 0.594. The van der Waals surface area contributed by atoms with Crippen molar-refractivity contribution < 1.29 is 0 Å². The Balaban J connectivity index is 2.36. The van der Waals surface area contributed by atoms with Crippen molar-refractivity contribution in [2.75, 3.05) is 11.1 Å². The van der Waals surface area contributed by atoms with Crippen molar-refractivity contribution in [1.29, 1.82) is 5.26 Å². The maximum atomic E-state index is 8.89. The first-order chi connectivity index (χ1) is 8.58. The molecule has 0 amide bonds. The SMILES string of the molecule is Cc1cc(C)cc(Nc2cc(C#N)ccc2N)c1. The minimum Gasteiger partial charge on any atom is -0.397 e. The summed E-state index contributed by atoms with van der Waals surface area (Å²) in [6.07, 6.45) is 0. The number of aryl methyl sites for hydroxylation is 2. The number of hydrogen-bond acceptors (Lipinski definition) is 3. The molecule has 18 heavy (non-hydrogen) atoms. The Labute approximate surface area is 107 Å². The van der Waals surface area contributed by atoms with Gasteiger partial charge in [0, 0.05) is 5.69 Å². The number of nitrogens with two attached hydrogens (primary N) is 1. The third-order valence-corrected chi connectivity index (χ3v) is 2.68. The molecule has 0 saturated heterocycles. The molecule has 3 heteroatoms. The van der Waals surface area contributed by atoms with Crippen LogP contribution >= 0.6 is 0 Å². The van der Waals surface area contributed by atoms with Crippen LogP contribution in [0.5, 0.6) is 0 Å². The van der Waals surface area contributed by atoms with Gasteiger partial charge in [-0.2, -0.15) is 5.26 Å². The van der Waals surface area contributed by atoms with E-state index in [4.69, 9.17) is 11.0 Å². The molecule has 0 saturated carbocycles. The van der Waals surface area contributed by atoms with E-state index in [-0.39, 0.29) is 0 Å². The van der Waals surface area contributed by atoms with Crippen molar-refractivity contribution in [1.82, 2.24) is 0 Å². The zero-order chi connectivity index (χ0) is 13.1. The van der Waals surface area contributed by atoms with Gasteiger partial charge in [0.1, 0.15) is 0 Å². The standard InChI is InChI=1S/C15H15N3/c1-10-5-11(2)7-13(6-10)18-15-8-12(9-16)3-4-14(15)17/h3-8,18H,17H2,1-2H3. The van der Waals surface area contributed by atoms with Crippen LogP contribution in [0.4, 0.5) is 17.1 Å². The first-order valence-electron chi connectivity index (χ1n) is 5.73. The summed E-state index contributed by atoms with van der Waals surface area (Å²) in [4.78, 5) is 0. The van der Waals surface area contributed by atoms with Crippen molar-refractivity contribution in [3.05, 3.63) is 53.1 Å². The number of nitriles is 1. The molecule has 0 spiro atoms. The average molecular weight is 237 g/mol. The number of nitrogens with zero attached hydrogens (tertiary/aromatic N) is 1. The summed E-state index contributed by atoms with van der Waals surface area (Å²) in [6.45, 7) is 4.10. The number of benzene rings is 2. The smallest absolute Gasteiger partial charge is 0.0992 e. The molecular formula is C15H15N3. The van der Waals surface area contributed by atoms with E-state index in [1.807, 2.05) is 26.0 Å². The van der Waals surface area contributed by atoms with Crippen LogP contribution in [0.1, 0.15) is 16.7 Å². The molecule has 3 nitrogen and oxygen atoms in total. The number of nitrogens with one attached hydrogen (secondary N) is 1. The Bertz CT molecular complexity index is 604. The monoisotopic (exact) mass is 237 g/mol. The topological polar surface area (TPSA) is 61.8 Å². The van der Waals surface area contributed by atoms with E-state index in [2.05, 4.69) is 17.5 Å². The van der Waals surface area contributed by atoms with Gasteiger partial charge in [0.15, 0.2) is 0 Å². The minimum atomic E-state index is 0.594. The quantitative estimate of drug-likeness (QED) is 0.786. The molecule has 90 valence electrons. The van der Waals surface area contributed by atoms with Gasteiger partial charge in [0.05, 0.1) is 23.0 Å². The van der Waals surface area contributed by atoms with Crippen LogP contribution in [0.15, 0.2) is 36.4 Å². The molecule has 0 heterocycles. The zero-order valence-corrected chi connectivity index (χ0v) is 10.5. The first kappa shape index (κ1) is 12.0. The second kappa shape index (κ2) is 4.80. The summed E-state index contributed by atoms with van der Waals surface area (Å²) in [5.41, 5.74) is 11.2. The maximum Gasteiger partial charge on any atom is 0.0992 e. The molecule has 0 aromatic heterocycles. The van der Waals surface area contributed by atoms with Crippen molar-refractivity contribution in [3.8, 4) is 6.07 Å². The summed E-state index contributed by atoms with van der Waals surface area (Å²) < 4.78 is 0. The second-order valence-corrected chi connectivity index (χ2v) is 4.42. The number of anilines is 3. The molecule has 0 radical (unpaired) electrons. The molecule has 0 atom stereocenters. The van der Waals surface area contributed by atoms with Crippen molar-refractivity contribution in [2.45, 2.75) is 13.8 Å². The maximum absolute atomic E-state index is 8.89. The van der Waals surface area contributed by atoms with Gasteiger partial charge in [-0.3, -0.25) is 0 Å². The highest BCUT2D eigenvalue weighted by Crippen LogP contribution is 2.25. The molecule has 3 N–H and O–H groups in total. The Morgan fingerprint density at radius 1 is 1.06 bits per heavy atom. The number of rotatable bonds is 2. The van der Waals surface area contributed by atoms with Crippen LogP contribution in [0, 0.1) is 25.2 Å². The van der Waals surface area contributed by atoms with E-state index in [1.165, 1.54) is 11.1 Å². The van der Waals surface area contributed by atoms with Crippen molar-refractivity contribution in [3.63, 3.8) is 0 Å². The van der Waals surface area contributed by atoms with E-state index >= 15 is 0 Å². The lowest BCUT2D eigenvalue weighted by Gasteiger charge is -2.11. The van der Waals surface area contributed by atoms with E-state index in [0.29, 0.717) is 11.3 Å². The van der Waals surface area contributed by atoms with Crippen LogP contribution in [0.3, 0.4) is 0 Å². The summed E-state index contributed by atoms with van der Waals surface area (Å²) in [5.74, 6) is 0. The van der Waals surface area contributed by atoms with Crippen LogP contribution in [-0.4, -0.2) is 0 Å². The van der Waals surface area contributed by atoms with E-state index in [0.717, 1.165) is 11.4 Å². The molecular weight excluding hydrogens is 222 g/mol. The Hall–Kier alpha value is -2.47. The molecule has 2 aromatic carbocycles. The normalized spacial score (nSPS) is 9.83. The first-order valence-corrected chi connectivity index (χ1v) is 5.73. The van der Waals surface area contributed by atoms with Crippen LogP contribution in [0.2, 0.25) is 0 Å². The highest BCUT2D eigenvalue weighted by Gasteiger charge is 2.02. The zero-order valence-electron chi connectivity index (χ0n) is 10.5. The van der Waals surface area contributed by atoms with E-state index in [9.17, 15) is 0 Å². The average Bonchev–Trinajstić information content (AvgIpc) is 2.30. The highest BCUT2D eigenvalue weighted by molar-refractivity contribution is 5.74.